The number of unbranched alkanes of at least 4 members (excludes halogenated alkanes) is 5. The standard InChI is InChI=1S/C26H39FN4O2S/c1-4-5-6-7-8-9-18-34(32,33)31-15-11-14-30(16-17-31)26-25(21(2)28-22(3)29-26)20-23-12-10-13-24(27)19-23/h10,12-13,19H,4-9,11,14-18,20H2,1-3H3. The average molecular weight is 491 g/mol. The Morgan fingerprint density at radius 2 is 1.74 bits per heavy atom. The first-order valence-corrected chi connectivity index (χ1v) is 14.2. The molecule has 1 saturated heterocycles. The summed E-state index contributed by atoms with van der Waals surface area (Å²) in [4.78, 5) is 11.5. The number of nitrogens with zero attached hydrogens (tertiary/aromatic N) is 4. The Hall–Kier alpha value is -2.06. The third kappa shape index (κ3) is 7.47. The van der Waals surface area contributed by atoms with Crippen molar-refractivity contribution in [2.24, 2.45) is 0 Å². The molecule has 34 heavy (non-hydrogen) atoms. The van der Waals surface area contributed by atoms with Crippen LogP contribution in [0, 0.1) is 19.7 Å². The molecule has 0 N–H and O–H groups in total. The fraction of sp³-hybridized carbons (Fsp3) is 0.615. The van der Waals surface area contributed by atoms with Crippen molar-refractivity contribution in [1.29, 1.82) is 0 Å². The van der Waals surface area contributed by atoms with Crippen molar-refractivity contribution < 1.29 is 12.8 Å². The minimum absolute atomic E-state index is 0.232. The lowest BCUT2D eigenvalue weighted by molar-refractivity contribution is 0.431. The second kappa shape index (κ2) is 12.6. The van der Waals surface area contributed by atoms with Crippen molar-refractivity contribution in [2.45, 2.75) is 72.1 Å². The molecule has 8 heteroatoms. The number of hydrogen-bond acceptors (Lipinski definition) is 5. The molecule has 0 bridgehead atoms. The highest BCUT2D eigenvalue weighted by Gasteiger charge is 2.26. The Morgan fingerprint density at radius 1 is 0.971 bits per heavy atom. The van der Waals surface area contributed by atoms with Crippen LogP contribution >= 0.6 is 0 Å². The minimum atomic E-state index is -3.25. The molecule has 2 aromatic rings. The SMILES string of the molecule is CCCCCCCCS(=O)(=O)N1CCCN(c2nc(C)nc(C)c2Cc2cccc(F)c2)CC1. The number of rotatable bonds is 11. The topological polar surface area (TPSA) is 66.4 Å². The van der Waals surface area contributed by atoms with Gasteiger partial charge in [0.2, 0.25) is 10.0 Å². The highest BCUT2D eigenvalue weighted by Crippen LogP contribution is 2.26. The van der Waals surface area contributed by atoms with Gasteiger partial charge in [0.25, 0.3) is 0 Å². The van der Waals surface area contributed by atoms with E-state index in [2.05, 4.69) is 16.8 Å². The summed E-state index contributed by atoms with van der Waals surface area (Å²) in [7, 11) is -3.25. The quantitative estimate of drug-likeness (QED) is 0.414. The predicted molar refractivity (Wildman–Crippen MR) is 136 cm³/mol. The molecule has 2 heterocycles. The third-order valence-electron chi connectivity index (χ3n) is 6.48. The van der Waals surface area contributed by atoms with Crippen molar-refractivity contribution >= 4 is 15.8 Å². The summed E-state index contributed by atoms with van der Waals surface area (Å²) in [6.07, 6.45) is 7.70. The first kappa shape index (κ1) is 26.5. The van der Waals surface area contributed by atoms with Crippen LogP contribution in [0.15, 0.2) is 24.3 Å². The van der Waals surface area contributed by atoms with Gasteiger partial charge in [-0.15, -0.1) is 0 Å². The molecule has 0 unspecified atom stereocenters. The Morgan fingerprint density at radius 3 is 2.50 bits per heavy atom. The summed E-state index contributed by atoms with van der Waals surface area (Å²) in [6.45, 7) is 8.33. The molecule has 1 aromatic carbocycles. The van der Waals surface area contributed by atoms with Crippen molar-refractivity contribution in [2.75, 3.05) is 36.8 Å². The molecule has 0 atom stereocenters. The number of benzene rings is 1. The van der Waals surface area contributed by atoms with Gasteiger partial charge in [-0.05, 0) is 44.4 Å². The molecule has 0 amide bonds. The van der Waals surface area contributed by atoms with Crippen LogP contribution in [-0.4, -0.2) is 54.6 Å². The first-order chi connectivity index (χ1) is 16.3. The fourth-order valence-corrected chi connectivity index (χ4v) is 6.21. The summed E-state index contributed by atoms with van der Waals surface area (Å²) in [5, 5.41) is 0. The molecule has 0 radical (unpaired) electrons. The van der Waals surface area contributed by atoms with Gasteiger partial charge < -0.3 is 4.90 Å². The Bertz CT molecular complexity index is 1050. The van der Waals surface area contributed by atoms with Gasteiger partial charge in [0, 0.05) is 43.9 Å². The van der Waals surface area contributed by atoms with Gasteiger partial charge in [-0.3, -0.25) is 0 Å². The summed E-state index contributed by atoms with van der Waals surface area (Å²) in [5.41, 5.74) is 2.72. The van der Waals surface area contributed by atoms with Gasteiger partial charge in [0.1, 0.15) is 17.5 Å². The van der Waals surface area contributed by atoms with Gasteiger partial charge in [0.05, 0.1) is 5.75 Å². The van der Waals surface area contributed by atoms with Crippen LogP contribution in [0.5, 0.6) is 0 Å². The van der Waals surface area contributed by atoms with E-state index in [9.17, 15) is 12.8 Å². The predicted octanol–water partition coefficient (Wildman–Crippen LogP) is 5.03. The van der Waals surface area contributed by atoms with E-state index in [1.165, 1.54) is 25.3 Å². The molecule has 1 aliphatic rings. The number of halogens is 1. The highest BCUT2D eigenvalue weighted by atomic mass is 32.2. The molecule has 6 nitrogen and oxygen atoms in total. The van der Waals surface area contributed by atoms with E-state index in [1.54, 1.807) is 16.4 Å². The van der Waals surface area contributed by atoms with Crippen molar-refractivity contribution in [3.63, 3.8) is 0 Å². The van der Waals surface area contributed by atoms with Crippen LogP contribution in [0.25, 0.3) is 0 Å². The van der Waals surface area contributed by atoms with Crippen LogP contribution in [0.2, 0.25) is 0 Å². The summed E-state index contributed by atoms with van der Waals surface area (Å²) >= 11 is 0. The van der Waals surface area contributed by atoms with Crippen molar-refractivity contribution in [1.82, 2.24) is 14.3 Å². The number of anilines is 1. The minimum Gasteiger partial charge on any atom is -0.355 e. The largest absolute Gasteiger partial charge is 0.355 e. The lowest BCUT2D eigenvalue weighted by Gasteiger charge is -2.26. The van der Waals surface area contributed by atoms with Crippen LogP contribution in [0.1, 0.15) is 74.5 Å². The van der Waals surface area contributed by atoms with Crippen LogP contribution in [0.3, 0.4) is 0 Å². The molecule has 1 aromatic heterocycles. The van der Waals surface area contributed by atoms with Gasteiger partial charge in [0.15, 0.2) is 0 Å². The second-order valence-electron chi connectivity index (χ2n) is 9.29. The zero-order valence-corrected chi connectivity index (χ0v) is 21.7. The number of hydrogen-bond donors (Lipinski definition) is 0. The van der Waals surface area contributed by atoms with Crippen molar-refractivity contribution in [3.8, 4) is 0 Å². The number of aryl methyl sites for hydroxylation is 2. The Kier molecular flexibility index (Phi) is 9.83. The normalized spacial score (nSPS) is 15.5. The van der Waals surface area contributed by atoms with Gasteiger partial charge in [-0.25, -0.2) is 27.1 Å². The molecule has 0 aliphatic carbocycles. The molecule has 188 valence electrons. The van der Waals surface area contributed by atoms with Gasteiger partial charge in [-0.2, -0.15) is 0 Å². The van der Waals surface area contributed by atoms with E-state index in [1.807, 2.05) is 19.9 Å². The van der Waals surface area contributed by atoms with Crippen molar-refractivity contribution in [3.05, 3.63) is 52.7 Å². The maximum absolute atomic E-state index is 13.8. The smallest absolute Gasteiger partial charge is 0.214 e. The number of sulfonamides is 1. The molecular formula is C26H39FN4O2S. The van der Waals surface area contributed by atoms with E-state index < -0.39 is 10.0 Å². The van der Waals surface area contributed by atoms with Crippen LogP contribution in [-0.2, 0) is 16.4 Å². The maximum Gasteiger partial charge on any atom is 0.214 e. The van der Waals surface area contributed by atoms with E-state index >= 15 is 0 Å². The monoisotopic (exact) mass is 490 g/mol. The zero-order chi connectivity index (χ0) is 24.6. The van der Waals surface area contributed by atoms with E-state index in [0.717, 1.165) is 54.9 Å². The summed E-state index contributed by atoms with van der Waals surface area (Å²) in [6, 6.07) is 6.61. The Labute approximate surface area is 204 Å². The first-order valence-electron chi connectivity index (χ1n) is 12.6. The Balaban J connectivity index is 1.68. The third-order valence-corrected chi connectivity index (χ3v) is 8.43. The van der Waals surface area contributed by atoms with Crippen LogP contribution in [0.4, 0.5) is 10.2 Å². The lowest BCUT2D eigenvalue weighted by Crippen LogP contribution is -2.37. The zero-order valence-electron chi connectivity index (χ0n) is 20.9. The van der Waals surface area contributed by atoms with Gasteiger partial charge in [-0.1, -0.05) is 51.2 Å². The average Bonchev–Trinajstić information content (AvgIpc) is 3.05. The van der Waals surface area contributed by atoms with E-state index in [-0.39, 0.29) is 11.6 Å². The van der Waals surface area contributed by atoms with Crippen LogP contribution < -0.4 is 4.90 Å². The molecule has 3 rings (SSSR count). The van der Waals surface area contributed by atoms with E-state index in [0.29, 0.717) is 31.9 Å². The summed E-state index contributed by atoms with van der Waals surface area (Å²) in [5.74, 6) is 1.50. The highest BCUT2D eigenvalue weighted by molar-refractivity contribution is 7.89. The van der Waals surface area contributed by atoms with Gasteiger partial charge >= 0.3 is 0 Å². The molecular weight excluding hydrogens is 451 g/mol. The summed E-state index contributed by atoms with van der Waals surface area (Å²) < 4.78 is 41.3. The van der Waals surface area contributed by atoms with E-state index in [4.69, 9.17) is 4.98 Å². The fourth-order valence-electron chi connectivity index (χ4n) is 4.61. The number of aromatic nitrogens is 2. The lowest BCUT2D eigenvalue weighted by atomic mass is 10.0. The molecule has 0 saturated carbocycles. The maximum atomic E-state index is 13.8. The molecule has 1 fully saturated rings. The molecule has 1 aliphatic heterocycles. The second-order valence-corrected chi connectivity index (χ2v) is 11.4. The molecule has 0 spiro atoms.